The van der Waals surface area contributed by atoms with Crippen molar-refractivity contribution < 1.29 is 14.6 Å². The lowest BCUT2D eigenvalue weighted by Crippen LogP contribution is -2.29. The smallest absolute Gasteiger partial charge is 0.303 e. The lowest BCUT2D eigenvalue weighted by molar-refractivity contribution is -0.137. The number of rotatable bonds is 6. The van der Waals surface area contributed by atoms with Gasteiger partial charge in [-0.25, -0.2) is 0 Å². The third-order valence-electron chi connectivity index (χ3n) is 2.20. The molecule has 1 aromatic carbocycles. The monoisotopic (exact) mass is 268 g/mol. The normalized spacial score (nSPS) is 9.61. The van der Waals surface area contributed by atoms with Gasteiger partial charge in [0.05, 0.1) is 7.11 Å². The van der Waals surface area contributed by atoms with Crippen molar-refractivity contribution >= 4 is 29.0 Å². The quantitative estimate of drug-likeness (QED) is 0.540. The molecule has 0 radical (unpaired) electrons. The van der Waals surface area contributed by atoms with E-state index in [-0.39, 0.29) is 6.42 Å². The number of ether oxygens (including phenoxy) is 1. The van der Waals surface area contributed by atoms with Crippen LogP contribution in [0.15, 0.2) is 24.3 Å². The van der Waals surface area contributed by atoms with E-state index in [2.05, 4.69) is 10.6 Å². The summed E-state index contributed by atoms with van der Waals surface area (Å²) in [7, 11) is 1.61. The van der Waals surface area contributed by atoms with Gasteiger partial charge in [-0.15, -0.1) is 0 Å². The van der Waals surface area contributed by atoms with Gasteiger partial charge in [0, 0.05) is 18.7 Å². The number of benzene rings is 1. The zero-order chi connectivity index (χ0) is 13.4. The van der Waals surface area contributed by atoms with E-state index in [1.54, 1.807) is 7.11 Å². The highest BCUT2D eigenvalue weighted by Gasteiger charge is 1.99. The summed E-state index contributed by atoms with van der Waals surface area (Å²) in [5.74, 6) is -0.0216. The highest BCUT2D eigenvalue weighted by atomic mass is 32.1. The summed E-state index contributed by atoms with van der Waals surface area (Å²) in [6.45, 7) is 0.536. The molecule has 0 atom stereocenters. The second-order valence-corrected chi connectivity index (χ2v) is 4.01. The molecule has 98 valence electrons. The number of aliphatic carboxylic acids is 1. The van der Waals surface area contributed by atoms with Crippen LogP contribution in [0, 0.1) is 0 Å². The average Bonchev–Trinajstić information content (AvgIpc) is 2.35. The molecule has 0 aliphatic carbocycles. The lowest BCUT2D eigenvalue weighted by Gasteiger charge is -2.10. The summed E-state index contributed by atoms with van der Waals surface area (Å²) in [5.41, 5.74) is 0.853. The number of carbonyl (C=O) groups is 1. The summed E-state index contributed by atoms with van der Waals surface area (Å²) in [6.07, 6.45) is 0.678. The molecule has 0 aliphatic rings. The maximum atomic E-state index is 10.3. The second-order valence-electron chi connectivity index (χ2n) is 3.61. The number of carboxylic acids is 1. The van der Waals surface area contributed by atoms with Gasteiger partial charge in [0.15, 0.2) is 5.11 Å². The minimum atomic E-state index is -0.800. The lowest BCUT2D eigenvalue weighted by atomic mass is 10.3. The Kier molecular flexibility index (Phi) is 5.93. The van der Waals surface area contributed by atoms with Gasteiger partial charge >= 0.3 is 5.97 Å². The van der Waals surface area contributed by atoms with Crippen LogP contribution in [0.4, 0.5) is 5.69 Å². The fraction of sp³-hybridized carbons (Fsp3) is 0.333. The van der Waals surface area contributed by atoms with E-state index in [1.807, 2.05) is 24.3 Å². The first-order chi connectivity index (χ1) is 8.61. The van der Waals surface area contributed by atoms with Crippen LogP contribution in [0.3, 0.4) is 0 Å². The molecule has 0 fully saturated rings. The Morgan fingerprint density at radius 2 is 2.06 bits per heavy atom. The fourth-order valence-electron chi connectivity index (χ4n) is 1.29. The number of methoxy groups -OCH3 is 1. The van der Waals surface area contributed by atoms with Gasteiger partial charge < -0.3 is 20.5 Å². The van der Waals surface area contributed by atoms with Crippen LogP contribution in [0.5, 0.6) is 5.75 Å². The Morgan fingerprint density at radius 1 is 1.39 bits per heavy atom. The standard InChI is InChI=1S/C12H16N2O3S/c1-17-10-6-4-9(5-7-10)14-12(18)13-8-2-3-11(15)16/h4-7H,2-3,8H2,1H3,(H,15,16)(H2,13,14,18). The van der Waals surface area contributed by atoms with E-state index < -0.39 is 5.97 Å². The van der Waals surface area contributed by atoms with Crippen molar-refractivity contribution in [1.29, 1.82) is 0 Å². The van der Waals surface area contributed by atoms with Crippen LogP contribution >= 0.6 is 12.2 Å². The Hall–Kier alpha value is -1.82. The van der Waals surface area contributed by atoms with E-state index in [9.17, 15) is 4.79 Å². The Labute approximate surface area is 111 Å². The van der Waals surface area contributed by atoms with E-state index >= 15 is 0 Å². The molecule has 0 aliphatic heterocycles. The topological polar surface area (TPSA) is 70.6 Å². The Balaban J connectivity index is 2.28. The number of thiocarbonyl (C=S) groups is 1. The molecule has 6 heteroatoms. The van der Waals surface area contributed by atoms with Gasteiger partial charge in [0.1, 0.15) is 5.75 Å². The van der Waals surface area contributed by atoms with Gasteiger partial charge in [-0.2, -0.15) is 0 Å². The molecule has 5 nitrogen and oxygen atoms in total. The first-order valence-corrected chi connectivity index (χ1v) is 5.93. The third kappa shape index (κ3) is 5.49. The van der Waals surface area contributed by atoms with Crippen LogP contribution in [-0.2, 0) is 4.79 Å². The summed E-state index contributed by atoms with van der Waals surface area (Å²) >= 11 is 5.08. The van der Waals surface area contributed by atoms with Crippen LogP contribution in [0.2, 0.25) is 0 Å². The summed E-state index contributed by atoms with van der Waals surface area (Å²) < 4.78 is 5.04. The van der Waals surface area contributed by atoms with Crippen molar-refractivity contribution in [3.05, 3.63) is 24.3 Å². The zero-order valence-electron chi connectivity index (χ0n) is 10.1. The first kappa shape index (κ1) is 14.2. The molecule has 0 amide bonds. The molecular weight excluding hydrogens is 252 g/mol. The van der Waals surface area contributed by atoms with Crippen molar-refractivity contribution in [3.8, 4) is 5.75 Å². The van der Waals surface area contributed by atoms with E-state index in [0.717, 1.165) is 11.4 Å². The minimum absolute atomic E-state index is 0.137. The van der Waals surface area contributed by atoms with E-state index in [4.69, 9.17) is 22.1 Å². The number of hydrogen-bond donors (Lipinski definition) is 3. The molecule has 1 aromatic rings. The molecular formula is C12H16N2O3S. The predicted octanol–water partition coefficient (Wildman–Crippen LogP) is 1.85. The van der Waals surface area contributed by atoms with Gasteiger partial charge in [-0.3, -0.25) is 4.79 Å². The fourth-order valence-corrected chi connectivity index (χ4v) is 1.51. The summed E-state index contributed by atoms with van der Waals surface area (Å²) in [6, 6.07) is 7.36. The number of hydrogen-bond acceptors (Lipinski definition) is 3. The van der Waals surface area contributed by atoms with Gasteiger partial charge in [-0.05, 0) is 42.9 Å². The number of nitrogens with one attached hydrogen (secondary N) is 2. The highest BCUT2D eigenvalue weighted by molar-refractivity contribution is 7.80. The van der Waals surface area contributed by atoms with Crippen molar-refractivity contribution in [2.45, 2.75) is 12.8 Å². The van der Waals surface area contributed by atoms with Gasteiger partial charge in [-0.1, -0.05) is 0 Å². The van der Waals surface area contributed by atoms with Crippen molar-refractivity contribution in [2.24, 2.45) is 0 Å². The maximum Gasteiger partial charge on any atom is 0.303 e. The first-order valence-electron chi connectivity index (χ1n) is 5.52. The van der Waals surface area contributed by atoms with Gasteiger partial charge in [0.25, 0.3) is 0 Å². The largest absolute Gasteiger partial charge is 0.497 e. The predicted molar refractivity (Wildman–Crippen MR) is 74.1 cm³/mol. The van der Waals surface area contributed by atoms with Crippen molar-refractivity contribution in [3.63, 3.8) is 0 Å². The average molecular weight is 268 g/mol. The van der Waals surface area contributed by atoms with Crippen molar-refractivity contribution in [2.75, 3.05) is 19.0 Å². The van der Waals surface area contributed by atoms with Crippen LogP contribution in [0.1, 0.15) is 12.8 Å². The summed E-state index contributed by atoms with van der Waals surface area (Å²) in [4.78, 5) is 10.3. The Bertz CT molecular complexity index is 406. The molecule has 0 unspecified atom stereocenters. The molecule has 0 heterocycles. The van der Waals surface area contributed by atoms with E-state index in [1.165, 1.54) is 0 Å². The molecule has 18 heavy (non-hydrogen) atoms. The number of anilines is 1. The second kappa shape index (κ2) is 7.50. The van der Waals surface area contributed by atoms with Crippen molar-refractivity contribution in [1.82, 2.24) is 5.32 Å². The van der Waals surface area contributed by atoms with Crippen LogP contribution in [0.25, 0.3) is 0 Å². The van der Waals surface area contributed by atoms with Crippen LogP contribution < -0.4 is 15.4 Å². The number of carboxylic acid groups (broad SMARTS) is 1. The SMILES string of the molecule is COc1ccc(NC(=S)NCCCC(=O)O)cc1. The molecule has 0 saturated heterocycles. The molecule has 0 bridgehead atoms. The molecule has 1 rings (SSSR count). The Morgan fingerprint density at radius 3 is 2.61 bits per heavy atom. The van der Waals surface area contributed by atoms with Gasteiger partial charge in [0.2, 0.25) is 0 Å². The molecule has 3 N–H and O–H groups in total. The molecule has 0 saturated carbocycles. The van der Waals surface area contributed by atoms with E-state index in [0.29, 0.717) is 18.1 Å². The molecule has 0 spiro atoms. The molecule has 0 aromatic heterocycles. The third-order valence-corrected chi connectivity index (χ3v) is 2.45. The zero-order valence-corrected chi connectivity index (χ0v) is 10.9. The minimum Gasteiger partial charge on any atom is -0.497 e. The van der Waals surface area contributed by atoms with Crippen LogP contribution in [-0.4, -0.2) is 29.8 Å². The highest BCUT2D eigenvalue weighted by Crippen LogP contribution is 2.14. The maximum absolute atomic E-state index is 10.3. The summed E-state index contributed by atoms with van der Waals surface area (Å²) in [5, 5.41) is 14.9.